The van der Waals surface area contributed by atoms with Gasteiger partial charge in [0.25, 0.3) is 0 Å². The third-order valence-electron chi connectivity index (χ3n) is 6.41. The van der Waals surface area contributed by atoms with Crippen molar-refractivity contribution < 1.29 is 9.59 Å². The van der Waals surface area contributed by atoms with Crippen LogP contribution in [0.25, 0.3) is 10.8 Å². The van der Waals surface area contributed by atoms with E-state index in [4.69, 9.17) is 0 Å². The Labute approximate surface area is 192 Å². The first-order valence-corrected chi connectivity index (χ1v) is 11.1. The van der Waals surface area contributed by atoms with Crippen molar-refractivity contribution in [3.63, 3.8) is 0 Å². The first kappa shape index (κ1) is 20.9. The Morgan fingerprint density at radius 2 is 1.67 bits per heavy atom. The van der Waals surface area contributed by atoms with E-state index in [1.807, 2.05) is 85.5 Å². The number of carbonyl (C=O) groups excluding carboxylic acids is 2. The number of hydrogen-bond donors (Lipinski definition) is 2. The Balaban J connectivity index is 1.30. The van der Waals surface area contributed by atoms with Gasteiger partial charge >= 0.3 is 0 Å². The topological polar surface area (TPSA) is 78.1 Å². The molecule has 33 heavy (non-hydrogen) atoms. The van der Waals surface area contributed by atoms with Crippen LogP contribution in [0.1, 0.15) is 36.2 Å². The molecule has 2 amide bonds. The maximum atomic E-state index is 13.1. The zero-order valence-electron chi connectivity index (χ0n) is 18.8. The molecule has 0 saturated heterocycles. The van der Waals surface area contributed by atoms with Gasteiger partial charge in [-0.15, -0.1) is 0 Å². The average molecular weight is 439 g/mol. The number of aromatic nitrogens is 2. The molecule has 0 saturated carbocycles. The first-order valence-electron chi connectivity index (χ1n) is 11.1. The van der Waals surface area contributed by atoms with Crippen LogP contribution in [0.5, 0.6) is 0 Å². The molecule has 166 valence electrons. The molecule has 3 aromatic carbocycles. The molecule has 6 heteroatoms. The summed E-state index contributed by atoms with van der Waals surface area (Å²) in [7, 11) is 0. The number of hydrogen-bond acceptors (Lipinski definition) is 3. The number of amides is 2. The molecular formula is C27H26N4O2. The number of aromatic amines is 1. The normalized spacial score (nSPS) is 14.3. The molecule has 1 aliphatic rings. The Hall–Kier alpha value is -3.93. The number of benzene rings is 3. The minimum atomic E-state index is -0.532. The lowest BCUT2D eigenvalue weighted by Crippen LogP contribution is -2.41. The molecular weight excluding hydrogens is 412 g/mol. The van der Waals surface area contributed by atoms with Crippen molar-refractivity contribution in [3.05, 3.63) is 95.2 Å². The highest BCUT2D eigenvalue weighted by molar-refractivity contribution is 5.93. The lowest BCUT2D eigenvalue weighted by molar-refractivity contribution is -0.135. The van der Waals surface area contributed by atoms with Crippen molar-refractivity contribution in [2.45, 2.75) is 38.8 Å². The van der Waals surface area contributed by atoms with E-state index in [-0.39, 0.29) is 18.2 Å². The van der Waals surface area contributed by atoms with Crippen LogP contribution in [0.3, 0.4) is 0 Å². The number of nitrogens with zero attached hydrogens (tertiary/aromatic N) is 2. The van der Waals surface area contributed by atoms with Gasteiger partial charge in [-0.25, -0.2) is 0 Å². The van der Waals surface area contributed by atoms with E-state index >= 15 is 0 Å². The number of H-pyrrole nitrogens is 1. The summed E-state index contributed by atoms with van der Waals surface area (Å²) in [5.41, 5.74) is 3.13. The summed E-state index contributed by atoms with van der Waals surface area (Å²) in [6.07, 6.45) is 0.595. The number of carbonyl (C=O) groups is 2. The second kappa shape index (κ2) is 8.20. The second-order valence-corrected chi connectivity index (χ2v) is 9.03. The number of fused-ring (bicyclic) bond motifs is 2. The fourth-order valence-electron chi connectivity index (χ4n) is 4.60. The van der Waals surface area contributed by atoms with Crippen molar-refractivity contribution >= 4 is 28.4 Å². The summed E-state index contributed by atoms with van der Waals surface area (Å²) >= 11 is 0. The zero-order valence-corrected chi connectivity index (χ0v) is 18.8. The Bertz CT molecular complexity index is 1340. The van der Waals surface area contributed by atoms with Gasteiger partial charge in [0, 0.05) is 5.56 Å². The molecule has 0 bridgehead atoms. The minimum Gasteiger partial charge on any atom is -0.327 e. The SMILES string of the molecule is CC1(C)c2[nH]nc(NC(=O)Cc3ccc4ccccc4c3)c2CN1C(=O)Cc1ccccc1. The summed E-state index contributed by atoms with van der Waals surface area (Å²) in [5.74, 6) is 0.412. The average Bonchev–Trinajstić information content (AvgIpc) is 3.32. The summed E-state index contributed by atoms with van der Waals surface area (Å²) < 4.78 is 0. The zero-order chi connectivity index (χ0) is 23.0. The van der Waals surface area contributed by atoms with E-state index in [1.165, 1.54) is 0 Å². The minimum absolute atomic E-state index is 0.0456. The lowest BCUT2D eigenvalue weighted by atomic mass is 10.00. The highest BCUT2D eigenvalue weighted by atomic mass is 16.2. The molecule has 0 spiro atoms. The summed E-state index contributed by atoms with van der Waals surface area (Å²) in [6.45, 7) is 4.41. The van der Waals surface area contributed by atoms with Crippen LogP contribution >= 0.6 is 0 Å². The Kier molecular flexibility index (Phi) is 5.21. The van der Waals surface area contributed by atoms with Gasteiger partial charge in [-0.1, -0.05) is 72.8 Å². The quantitative estimate of drug-likeness (QED) is 0.479. The van der Waals surface area contributed by atoms with Crippen molar-refractivity contribution in [3.8, 4) is 0 Å². The van der Waals surface area contributed by atoms with Gasteiger partial charge in [-0.2, -0.15) is 5.10 Å². The van der Waals surface area contributed by atoms with Crippen LogP contribution < -0.4 is 5.32 Å². The Morgan fingerprint density at radius 3 is 2.45 bits per heavy atom. The number of anilines is 1. The maximum absolute atomic E-state index is 13.1. The second-order valence-electron chi connectivity index (χ2n) is 9.03. The van der Waals surface area contributed by atoms with E-state index in [0.717, 1.165) is 33.2 Å². The Morgan fingerprint density at radius 1 is 0.939 bits per heavy atom. The molecule has 1 aliphatic heterocycles. The molecule has 0 fully saturated rings. The third-order valence-corrected chi connectivity index (χ3v) is 6.41. The molecule has 5 rings (SSSR count). The predicted molar refractivity (Wildman–Crippen MR) is 129 cm³/mol. The molecule has 0 radical (unpaired) electrons. The molecule has 0 unspecified atom stereocenters. The van der Waals surface area contributed by atoms with Crippen molar-refractivity contribution in [1.82, 2.24) is 15.1 Å². The van der Waals surface area contributed by atoms with Gasteiger partial charge < -0.3 is 10.2 Å². The van der Waals surface area contributed by atoms with Crippen LogP contribution in [0, 0.1) is 0 Å². The number of rotatable bonds is 5. The van der Waals surface area contributed by atoms with Crippen molar-refractivity contribution in [2.75, 3.05) is 5.32 Å². The van der Waals surface area contributed by atoms with E-state index < -0.39 is 5.54 Å². The van der Waals surface area contributed by atoms with Crippen LogP contribution in [-0.2, 0) is 34.5 Å². The largest absolute Gasteiger partial charge is 0.327 e. The molecule has 2 heterocycles. The number of nitrogens with one attached hydrogen (secondary N) is 2. The smallest absolute Gasteiger partial charge is 0.230 e. The third kappa shape index (κ3) is 4.00. The van der Waals surface area contributed by atoms with E-state index in [1.54, 1.807) is 0 Å². The molecule has 1 aromatic heterocycles. The fourth-order valence-corrected chi connectivity index (χ4v) is 4.60. The molecule has 0 atom stereocenters. The lowest BCUT2D eigenvalue weighted by Gasteiger charge is -2.32. The van der Waals surface area contributed by atoms with E-state index in [0.29, 0.717) is 18.8 Å². The molecule has 6 nitrogen and oxygen atoms in total. The molecule has 0 aliphatic carbocycles. The molecule has 4 aromatic rings. The molecule has 2 N–H and O–H groups in total. The van der Waals surface area contributed by atoms with Crippen molar-refractivity contribution in [2.24, 2.45) is 0 Å². The maximum Gasteiger partial charge on any atom is 0.230 e. The van der Waals surface area contributed by atoms with E-state index in [2.05, 4.69) is 21.6 Å². The predicted octanol–water partition coefficient (Wildman–Crippen LogP) is 4.56. The highest BCUT2D eigenvalue weighted by Gasteiger charge is 2.43. The highest BCUT2D eigenvalue weighted by Crippen LogP contribution is 2.40. The van der Waals surface area contributed by atoms with Gasteiger partial charge in [-0.3, -0.25) is 14.7 Å². The van der Waals surface area contributed by atoms with Gasteiger partial charge in [0.15, 0.2) is 5.82 Å². The van der Waals surface area contributed by atoms with Gasteiger partial charge in [0.2, 0.25) is 11.8 Å². The van der Waals surface area contributed by atoms with Gasteiger partial charge in [-0.05, 0) is 35.7 Å². The summed E-state index contributed by atoms with van der Waals surface area (Å²) in [4.78, 5) is 27.7. The van der Waals surface area contributed by atoms with Crippen LogP contribution in [0.15, 0.2) is 72.8 Å². The van der Waals surface area contributed by atoms with Crippen LogP contribution in [0.4, 0.5) is 5.82 Å². The monoisotopic (exact) mass is 438 g/mol. The summed E-state index contributed by atoms with van der Waals surface area (Å²) in [6, 6.07) is 23.9. The fraction of sp³-hybridized carbons (Fsp3) is 0.222. The van der Waals surface area contributed by atoms with Crippen molar-refractivity contribution in [1.29, 1.82) is 0 Å². The van der Waals surface area contributed by atoms with Gasteiger partial charge in [0.1, 0.15) is 0 Å². The van der Waals surface area contributed by atoms with Crippen LogP contribution in [-0.4, -0.2) is 26.9 Å². The van der Waals surface area contributed by atoms with Crippen LogP contribution in [0.2, 0.25) is 0 Å². The van der Waals surface area contributed by atoms with Gasteiger partial charge in [0.05, 0.1) is 30.6 Å². The first-order chi connectivity index (χ1) is 15.9. The summed E-state index contributed by atoms with van der Waals surface area (Å²) in [5, 5.41) is 12.6. The standard InChI is InChI=1S/C27H26N4O2/c1-27(2)25-22(17-31(27)24(33)16-18-8-4-3-5-9-18)26(30-29-25)28-23(32)15-19-12-13-20-10-6-7-11-21(20)14-19/h3-14H,15-17H2,1-2H3,(H2,28,29,30,32). The van der Waals surface area contributed by atoms with E-state index in [9.17, 15) is 9.59 Å².